The van der Waals surface area contributed by atoms with Crippen molar-refractivity contribution in [1.29, 1.82) is 0 Å². The Bertz CT molecular complexity index is 1110. The highest BCUT2D eigenvalue weighted by Crippen LogP contribution is 2.29. The number of hydrogen-bond donors (Lipinski definition) is 2. The number of aryl methyl sites for hydroxylation is 1. The number of nitrogens with one attached hydrogen (secondary N) is 2. The molecule has 32 heavy (non-hydrogen) atoms. The number of piperidine rings is 1. The molecule has 1 fully saturated rings. The number of sulfonamides is 1. The molecule has 2 aromatic rings. The van der Waals surface area contributed by atoms with Crippen LogP contribution in [0, 0.1) is 12.7 Å². The number of halogens is 2. The second-order valence-electron chi connectivity index (χ2n) is 7.65. The smallest absolute Gasteiger partial charge is 0.313 e. The lowest BCUT2D eigenvalue weighted by atomic mass is 10.0. The van der Waals surface area contributed by atoms with E-state index in [9.17, 15) is 22.4 Å². The first kappa shape index (κ1) is 24.2. The van der Waals surface area contributed by atoms with E-state index in [1.807, 2.05) is 0 Å². The summed E-state index contributed by atoms with van der Waals surface area (Å²) >= 11 is 5.98. The number of rotatable bonds is 6. The van der Waals surface area contributed by atoms with E-state index >= 15 is 0 Å². The molecule has 0 radical (unpaired) electrons. The van der Waals surface area contributed by atoms with Gasteiger partial charge in [-0.1, -0.05) is 30.2 Å². The predicted molar refractivity (Wildman–Crippen MR) is 120 cm³/mol. The third-order valence-electron chi connectivity index (χ3n) is 5.39. The molecule has 0 aromatic heterocycles. The molecule has 0 bridgehead atoms. The fourth-order valence-electron chi connectivity index (χ4n) is 3.78. The lowest BCUT2D eigenvalue weighted by Crippen LogP contribution is -2.46. The Balaban J connectivity index is 1.61. The van der Waals surface area contributed by atoms with Gasteiger partial charge in [0.15, 0.2) is 0 Å². The molecule has 2 amide bonds. The molecule has 1 saturated heterocycles. The Morgan fingerprint density at radius 3 is 2.62 bits per heavy atom. The summed E-state index contributed by atoms with van der Waals surface area (Å²) < 4.78 is 41.3. The fraction of sp³-hybridized carbons (Fsp3) is 0.364. The zero-order valence-corrected chi connectivity index (χ0v) is 19.2. The number of amides is 2. The predicted octanol–water partition coefficient (Wildman–Crippen LogP) is 3.48. The number of carbonyl (C=O) groups excluding carboxylic acids is 2. The van der Waals surface area contributed by atoms with E-state index in [0.717, 1.165) is 18.9 Å². The van der Waals surface area contributed by atoms with E-state index in [4.69, 9.17) is 11.6 Å². The normalized spacial score (nSPS) is 17.0. The van der Waals surface area contributed by atoms with E-state index in [2.05, 4.69) is 10.6 Å². The van der Waals surface area contributed by atoms with E-state index in [1.165, 1.54) is 16.4 Å². The van der Waals surface area contributed by atoms with E-state index in [-0.39, 0.29) is 17.5 Å². The molecule has 2 aromatic carbocycles. The molecule has 1 aliphatic rings. The maximum absolute atomic E-state index is 13.4. The van der Waals surface area contributed by atoms with Crippen molar-refractivity contribution >= 4 is 39.1 Å². The molecule has 0 aliphatic carbocycles. The van der Waals surface area contributed by atoms with Crippen molar-refractivity contribution in [1.82, 2.24) is 9.62 Å². The monoisotopic (exact) mass is 481 g/mol. The van der Waals surface area contributed by atoms with Gasteiger partial charge in [0, 0.05) is 19.1 Å². The third-order valence-corrected chi connectivity index (χ3v) is 7.83. The third kappa shape index (κ3) is 5.65. The lowest BCUT2D eigenvalue weighted by molar-refractivity contribution is -0.136. The number of hydrogen-bond acceptors (Lipinski definition) is 4. The maximum Gasteiger partial charge on any atom is 0.313 e. The van der Waals surface area contributed by atoms with Crippen molar-refractivity contribution in [3.05, 3.63) is 58.9 Å². The average molecular weight is 482 g/mol. The second kappa shape index (κ2) is 10.4. The molecule has 172 valence electrons. The summed E-state index contributed by atoms with van der Waals surface area (Å²) in [5, 5.41) is 5.29. The van der Waals surface area contributed by atoms with Crippen molar-refractivity contribution in [2.45, 2.75) is 43.5 Å². The van der Waals surface area contributed by atoms with Crippen LogP contribution < -0.4 is 10.6 Å². The standard InChI is InChI=1S/C22H25ClFN3O4S/c1-15-14-16(24)9-10-20(15)32(30,31)27-13-5-4-6-17(27)11-12-25-21(28)22(29)26-19-8-3-2-7-18(19)23/h2-3,7-10,14,17H,4-6,11-13H2,1H3,(H,25,28)(H,26,29). The minimum absolute atomic E-state index is 0.0777. The molecule has 3 rings (SSSR count). The van der Waals surface area contributed by atoms with Gasteiger partial charge >= 0.3 is 11.8 Å². The van der Waals surface area contributed by atoms with Gasteiger partial charge in [0.25, 0.3) is 0 Å². The van der Waals surface area contributed by atoms with Crippen LogP contribution in [0.25, 0.3) is 0 Å². The Labute approximate surface area is 192 Å². The van der Waals surface area contributed by atoms with E-state index in [0.29, 0.717) is 35.7 Å². The minimum atomic E-state index is -3.81. The highest BCUT2D eigenvalue weighted by molar-refractivity contribution is 7.89. The van der Waals surface area contributed by atoms with Crippen molar-refractivity contribution in [3.8, 4) is 0 Å². The molecular formula is C22H25ClFN3O4S. The van der Waals surface area contributed by atoms with Gasteiger partial charge in [-0.3, -0.25) is 9.59 Å². The van der Waals surface area contributed by atoms with Gasteiger partial charge in [0.2, 0.25) is 10.0 Å². The SMILES string of the molecule is Cc1cc(F)ccc1S(=O)(=O)N1CCCCC1CCNC(=O)C(=O)Nc1ccccc1Cl. The van der Waals surface area contributed by atoms with Gasteiger partial charge in [-0.05, 0) is 62.1 Å². The summed E-state index contributed by atoms with van der Waals surface area (Å²) in [5.41, 5.74) is 0.674. The number of nitrogens with zero attached hydrogens (tertiary/aromatic N) is 1. The molecule has 0 saturated carbocycles. The van der Waals surface area contributed by atoms with Gasteiger partial charge in [-0.25, -0.2) is 12.8 Å². The minimum Gasteiger partial charge on any atom is -0.348 e. The van der Waals surface area contributed by atoms with Crippen LogP contribution in [0.1, 0.15) is 31.2 Å². The Kier molecular flexibility index (Phi) is 7.86. The van der Waals surface area contributed by atoms with Crippen LogP contribution in [0.4, 0.5) is 10.1 Å². The van der Waals surface area contributed by atoms with Gasteiger partial charge in [-0.15, -0.1) is 0 Å². The zero-order chi connectivity index (χ0) is 23.3. The van der Waals surface area contributed by atoms with Crippen molar-refractivity contribution in [3.63, 3.8) is 0 Å². The molecule has 0 spiro atoms. The van der Waals surface area contributed by atoms with Crippen LogP contribution in [0.5, 0.6) is 0 Å². The molecule has 1 heterocycles. The van der Waals surface area contributed by atoms with Crippen LogP contribution in [-0.2, 0) is 19.6 Å². The second-order valence-corrected chi connectivity index (χ2v) is 9.92. The molecule has 7 nitrogen and oxygen atoms in total. The van der Waals surface area contributed by atoms with Crippen molar-refractivity contribution in [2.75, 3.05) is 18.4 Å². The average Bonchev–Trinajstić information content (AvgIpc) is 2.75. The molecule has 1 atom stereocenters. The van der Waals surface area contributed by atoms with Gasteiger partial charge in [0.1, 0.15) is 5.82 Å². The Hall–Kier alpha value is -2.49. The molecule has 1 unspecified atom stereocenters. The quantitative estimate of drug-likeness (QED) is 0.617. The van der Waals surface area contributed by atoms with Gasteiger partial charge in [-0.2, -0.15) is 4.31 Å². The summed E-state index contributed by atoms with van der Waals surface area (Å²) in [6, 6.07) is 9.85. The summed E-state index contributed by atoms with van der Waals surface area (Å²) in [6.45, 7) is 2.05. The van der Waals surface area contributed by atoms with E-state index < -0.39 is 27.7 Å². The van der Waals surface area contributed by atoms with Gasteiger partial charge < -0.3 is 10.6 Å². The maximum atomic E-state index is 13.4. The van der Waals surface area contributed by atoms with Crippen LogP contribution in [0.3, 0.4) is 0 Å². The summed E-state index contributed by atoms with van der Waals surface area (Å²) in [5.74, 6) is -2.17. The number of benzene rings is 2. The number of para-hydroxylation sites is 1. The first-order chi connectivity index (χ1) is 15.2. The topological polar surface area (TPSA) is 95.6 Å². The summed E-state index contributed by atoms with van der Waals surface area (Å²) in [7, 11) is -3.81. The van der Waals surface area contributed by atoms with E-state index in [1.54, 1.807) is 31.2 Å². The number of anilines is 1. The fourth-order valence-corrected chi connectivity index (χ4v) is 5.90. The Morgan fingerprint density at radius 1 is 1.16 bits per heavy atom. The molecular weight excluding hydrogens is 457 g/mol. The first-order valence-corrected chi connectivity index (χ1v) is 12.1. The van der Waals surface area contributed by atoms with Crippen LogP contribution in [0.15, 0.2) is 47.4 Å². The Morgan fingerprint density at radius 2 is 1.91 bits per heavy atom. The van der Waals surface area contributed by atoms with Crippen LogP contribution >= 0.6 is 11.6 Å². The largest absolute Gasteiger partial charge is 0.348 e. The molecule has 1 aliphatic heterocycles. The van der Waals surface area contributed by atoms with Crippen molar-refractivity contribution in [2.24, 2.45) is 0 Å². The highest BCUT2D eigenvalue weighted by Gasteiger charge is 2.34. The summed E-state index contributed by atoms with van der Waals surface area (Å²) in [6.07, 6.45) is 2.58. The first-order valence-electron chi connectivity index (χ1n) is 10.3. The molecule has 2 N–H and O–H groups in total. The summed E-state index contributed by atoms with van der Waals surface area (Å²) in [4.78, 5) is 24.3. The highest BCUT2D eigenvalue weighted by atomic mass is 35.5. The lowest BCUT2D eigenvalue weighted by Gasteiger charge is -2.35. The molecule has 10 heteroatoms. The van der Waals surface area contributed by atoms with Gasteiger partial charge in [0.05, 0.1) is 15.6 Å². The van der Waals surface area contributed by atoms with Crippen LogP contribution in [0.2, 0.25) is 5.02 Å². The number of carbonyl (C=O) groups is 2. The zero-order valence-electron chi connectivity index (χ0n) is 17.6. The van der Waals surface area contributed by atoms with Crippen molar-refractivity contribution < 1.29 is 22.4 Å². The van der Waals surface area contributed by atoms with Crippen LogP contribution in [-0.4, -0.2) is 43.7 Å².